The SMILES string of the molecule is Cc1cccc(C)c1[C@@H](C1CCCCC1)N1CCNCC1. The second-order valence-corrected chi connectivity index (χ2v) is 6.93. The van der Waals surface area contributed by atoms with E-state index in [1.54, 1.807) is 5.56 Å². The van der Waals surface area contributed by atoms with Gasteiger partial charge in [0.05, 0.1) is 0 Å². The minimum atomic E-state index is 0.647. The van der Waals surface area contributed by atoms with Gasteiger partial charge in [-0.15, -0.1) is 0 Å². The van der Waals surface area contributed by atoms with E-state index in [9.17, 15) is 0 Å². The summed E-state index contributed by atoms with van der Waals surface area (Å²) in [6, 6.07) is 7.47. The van der Waals surface area contributed by atoms with Gasteiger partial charge in [0.15, 0.2) is 0 Å². The Morgan fingerprint density at radius 3 is 2.24 bits per heavy atom. The Kier molecular flexibility index (Phi) is 4.97. The molecule has 1 aliphatic carbocycles. The molecule has 2 aliphatic rings. The first-order valence-corrected chi connectivity index (χ1v) is 8.78. The van der Waals surface area contributed by atoms with E-state index in [2.05, 4.69) is 42.3 Å². The van der Waals surface area contributed by atoms with Gasteiger partial charge < -0.3 is 5.32 Å². The van der Waals surface area contributed by atoms with Crippen LogP contribution in [-0.2, 0) is 0 Å². The molecule has 0 aromatic heterocycles. The molecule has 0 radical (unpaired) electrons. The van der Waals surface area contributed by atoms with E-state index in [1.807, 2.05) is 0 Å². The lowest BCUT2D eigenvalue weighted by Gasteiger charge is -2.42. The van der Waals surface area contributed by atoms with E-state index < -0.39 is 0 Å². The first-order valence-electron chi connectivity index (χ1n) is 8.78. The van der Waals surface area contributed by atoms with Crippen molar-refractivity contribution >= 4 is 0 Å². The summed E-state index contributed by atoms with van der Waals surface area (Å²) in [6.07, 6.45) is 7.14. The number of piperazine rings is 1. The lowest BCUT2D eigenvalue weighted by atomic mass is 9.78. The zero-order chi connectivity index (χ0) is 14.7. The standard InChI is InChI=1S/C19H30N2/c1-15-7-6-8-16(2)18(15)19(17-9-4-3-5-10-17)21-13-11-20-12-14-21/h6-8,17,19-20H,3-5,9-14H2,1-2H3/t19-/m1/s1. The lowest BCUT2D eigenvalue weighted by Crippen LogP contribution is -2.47. The van der Waals surface area contributed by atoms with Crippen LogP contribution in [0, 0.1) is 19.8 Å². The predicted molar refractivity (Wildman–Crippen MR) is 89.7 cm³/mol. The fourth-order valence-electron chi connectivity index (χ4n) is 4.42. The predicted octanol–water partition coefficient (Wildman–Crippen LogP) is 3.83. The monoisotopic (exact) mass is 286 g/mol. The number of rotatable bonds is 3. The summed E-state index contributed by atoms with van der Waals surface area (Å²) in [5.74, 6) is 0.858. The van der Waals surface area contributed by atoms with Crippen molar-refractivity contribution in [1.29, 1.82) is 0 Å². The highest BCUT2D eigenvalue weighted by molar-refractivity contribution is 5.37. The molecule has 1 heterocycles. The van der Waals surface area contributed by atoms with Crippen molar-refractivity contribution in [2.75, 3.05) is 26.2 Å². The van der Waals surface area contributed by atoms with Crippen LogP contribution in [0.15, 0.2) is 18.2 Å². The zero-order valence-corrected chi connectivity index (χ0v) is 13.7. The summed E-state index contributed by atoms with van der Waals surface area (Å²) in [5.41, 5.74) is 4.61. The van der Waals surface area contributed by atoms with Crippen LogP contribution in [0.1, 0.15) is 54.8 Å². The van der Waals surface area contributed by atoms with Crippen LogP contribution < -0.4 is 5.32 Å². The van der Waals surface area contributed by atoms with Gasteiger partial charge in [-0.05, 0) is 49.3 Å². The third-order valence-corrected chi connectivity index (χ3v) is 5.48. The average Bonchev–Trinajstić information content (AvgIpc) is 2.53. The molecule has 3 rings (SSSR count). The number of aryl methyl sites for hydroxylation is 2. The maximum absolute atomic E-state index is 3.51. The van der Waals surface area contributed by atoms with Gasteiger partial charge in [0.1, 0.15) is 0 Å². The van der Waals surface area contributed by atoms with Gasteiger partial charge in [-0.2, -0.15) is 0 Å². The van der Waals surface area contributed by atoms with Crippen molar-refractivity contribution in [2.24, 2.45) is 5.92 Å². The van der Waals surface area contributed by atoms with Crippen LogP contribution in [-0.4, -0.2) is 31.1 Å². The summed E-state index contributed by atoms with van der Waals surface area (Å²) in [6.45, 7) is 9.31. The molecule has 1 aromatic rings. The van der Waals surface area contributed by atoms with E-state index >= 15 is 0 Å². The van der Waals surface area contributed by atoms with E-state index in [4.69, 9.17) is 0 Å². The molecule has 0 unspecified atom stereocenters. The Balaban J connectivity index is 1.94. The number of nitrogens with one attached hydrogen (secondary N) is 1. The zero-order valence-electron chi connectivity index (χ0n) is 13.7. The maximum atomic E-state index is 3.51. The Bertz CT molecular complexity index is 418. The Morgan fingerprint density at radius 2 is 1.62 bits per heavy atom. The number of hydrogen-bond acceptors (Lipinski definition) is 2. The Morgan fingerprint density at radius 1 is 1.00 bits per heavy atom. The number of nitrogens with zero attached hydrogens (tertiary/aromatic N) is 1. The topological polar surface area (TPSA) is 15.3 Å². The summed E-state index contributed by atoms with van der Waals surface area (Å²) in [4.78, 5) is 2.77. The van der Waals surface area contributed by atoms with Crippen LogP contribution >= 0.6 is 0 Å². The lowest BCUT2D eigenvalue weighted by molar-refractivity contribution is 0.102. The molecule has 2 fully saturated rings. The maximum Gasteiger partial charge on any atom is 0.0382 e. The molecular formula is C19H30N2. The highest BCUT2D eigenvalue weighted by atomic mass is 15.2. The minimum Gasteiger partial charge on any atom is -0.314 e. The summed E-state index contributed by atoms with van der Waals surface area (Å²) in [5, 5.41) is 3.51. The summed E-state index contributed by atoms with van der Waals surface area (Å²) in [7, 11) is 0. The number of benzene rings is 1. The Labute approximate surface area is 129 Å². The molecule has 0 bridgehead atoms. The van der Waals surface area contributed by atoms with Gasteiger partial charge in [0.25, 0.3) is 0 Å². The molecule has 1 aliphatic heterocycles. The van der Waals surface area contributed by atoms with E-state index in [0.29, 0.717) is 6.04 Å². The molecular weight excluding hydrogens is 256 g/mol. The molecule has 1 saturated carbocycles. The molecule has 0 spiro atoms. The van der Waals surface area contributed by atoms with E-state index in [1.165, 1.54) is 56.3 Å². The van der Waals surface area contributed by atoms with E-state index in [-0.39, 0.29) is 0 Å². The molecule has 1 aromatic carbocycles. The third kappa shape index (κ3) is 3.32. The quantitative estimate of drug-likeness (QED) is 0.908. The van der Waals surface area contributed by atoms with Gasteiger partial charge in [0, 0.05) is 32.2 Å². The largest absolute Gasteiger partial charge is 0.314 e. The molecule has 2 nitrogen and oxygen atoms in total. The van der Waals surface area contributed by atoms with Crippen molar-refractivity contribution in [3.05, 3.63) is 34.9 Å². The number of hydrogen-bond donors (Lipinski definition) is 1. The van der Waals surface area contributed by atoms with Crippen LogP contribution in [0.4, 0.5) is 0 Å². The van der Waals surface area contributed by atoms with Crippen molar-refractivity contribution in [1.82, 2.24) is 10.2 Å². The highest BCUT2D eigenvalue weighted by Crippen LogP contribution is 2.40. The fourth-order valence-corrected chi connectivity index (χ4v) is 4.42. The van der Waals surface area contributed by atoms with Gasteiger partial charge >= 0.3 is 0 Å². The molecule has 0 amide bonds. The summed E-state index contributed by atoms with van der Waals surface area (Å²) < 4.78 is 0. The van der Waals surface area contributed by atoms with Gasteiger partial charge in [-0.3, -0.25) is 4.90 Å². The molecule has 1 atom stereocenters. The second-order valence-electron chi connectivity index (χ2n) is 6.93. The molecule has 116 valence electrons. The van der Waals surface area contributed by atoms with Crippen LogP contribution in [0.25, 0.3) is 0 Å². The first-order chi connectivity index (χ1) is 10.3. The van der Waals surface area contributed by atoms with Crippen molar-refractivity contribution in [2.45, 2.75) is 52.0 Å². The minimum absolute atomic E-state index is 0.647. The molecule has 1 N–H and O–H groups in total. The van der Waals surface area contributed by atoms with Gasteiger partial charge in [-0.25, -0.2) is 0 Å². The smallest absolute Gasteiger partial charge is 0.0382 e. The average molecular weight is 286 g/mol. The van der Waals surface area contributed by atoms with Crippen LogP contribution in [0.3, 0.4) is 0 Å². The molecule has 1 saturated heterocycles. The van der Waals surface area contributed by atoms with Gasteiger partial charge in [0.2, 0.25) is 0 Å². The Hall–Kier alpha value is -0.860. The molecule has 21 heavy (non-hydrogen) atoms. The molecule has 2 heteroatoms. The fraction of sp³-hybridized carbons (Fsp3) is 0.684. The highest BCUT2D eigenvalue weighted by Gasteiger charge is 2.32. The summed E-state index contributed by atoms with van der Waals surface area (Å²) >= 11 is 0. The normalized spacial score (nSPS) is 23.1. The van der Waals surface area contributed by atoms with Gasteiger partial charge in [-0.1, -0.05) is 37.5 Å². The van der Waals surface area contributed by atoms with Crippen molar-refractivity contribution in [3.63, 3.8) is 0 Å². The van der Waals surface area contributed by atoms with Crippen LogP contribution in [0.2, 0.25) is 0 Å². The second kappa shape index (κ2) is 6.93. The van der Waals surface area contributed by atoms with Crippen molar-refractivity contribution in [3.8, 4) is 0 Å². The van der Waals surface area contributed by atoms with Crippen LogP contribution in [0.5, 0.6) is 0 Å². The third-order valence-electron chi connectivity index (χ3n) is 5.48. The van der Waals surface area contributed by atoms with E-state index in [0.717, 1.165) is 19.0 Å². The first kappa shape index (κ1) is 15.1. The van der Waals surface area contributed by atoms with Crippen molar-refractivity contribution < 1.29 is 0 Å².